The summed E-state index contributed by atoms with van der Waals surface area (Å²) >= 11 is 0. The van der Waals surface area contributed by atoms with Crippen molar-refractivity contribution in [2.75, 3.05) is 19.3 Å². The molecule has 0 unspecified atom stereocenters. The molecule has 6 heteroatoms. The van der Waals surface area contributed by atoms with E-state index in [-0.39, 0.29) is 0 Å². The highest BCUT2D eigenvalue weighted by Gasteiger charge is 2.13. The van der Waals surface area contributed by atoms with Crippen molar-refractivity contribution in [1.82, 2.24) is 10.0 Å². The van der Waals surface area contributed by atoms with Crippen molar-refractivity contribution in [2.24, 2.45) is 5.92 Å². The van der Waals surface area contributed by atoms with Gasteiger partial charge in [0.05, 0.1) is 6.26 Å². The number of nitrogens with one attached hydrogen (secondary N) is 2. The van der Waals surface area contributed by atoms with Gasteiger partial charge in [-0.05, 0) is 0 Å². The molecule has 0 aromatic carbocycles. The molecule has 1 amide bonds. The normalized spacial score (nSPS) is 18.5. The Morgan fingerprint density at radius 2 is 2.15 bits per heavy atom. The van der Waals surface area contributed by atoms with E-state index >= 15 is 0 Å². The minimum atomic E-state index is -3.43. The molecule has 0 aromatic heterocycles. The lowest BCUT2D eigenvalue weighted by Crippen LogP contribution is -2.40. The van der Waals surface area contributed by atoms with E-state index in [9.17, 15) is 13.2 Å². The van der Waals surface area contributed by atoms with E-state index in [0.717, 1.165) is 19.3 Å². The highest BCUT2D eigenvalue weighted by atomic mass is 32.2. The molecule has 2 N–H and O–H groups in total. The quantitative estimate of drug-likeness (QED) is 0.568. The first-order chi connectivity index (χ1) is 5.97. The molecule has 74 valence electrons. The van der Waals surface area contributed by atoms with Crippen LogP contribution in [0.4, 0.5) is 0 Å². The second kappa shape index (κ2) is 3.89. The predicted molar refractivity (Wildman–Crippen MR) is 48.5 cm³/mol. The zero-order valence-electron chi connectivity index (χ0n) is 7.28. The van der Waals surface area contributed by atoms with E-state index in [0.29, 0.717) is 5.92 Å². The first-order valence-electron chi connectivity index (χ1n) is 3.88. The molecule has 0 saturated carbocycles. The van der Waals surface area contributed by atoms with E-state index in [1.54, 1.807) is 6.08 Å². The zero-order valence-corrected chi connectivity index (χ0v) is 8.10. The van der Waals surface area contributed by atoms with Crippen LogP contribution in [-0.4, -0.2) is 33.7 Å². The van der Waals surface area contributed by atoms with Crippen LogP contribution in [-0.2, 0) is 14.8 Å². The molecule has 1 fully saturated rings. The molecule has 13 heavy (non-hydrogen) atoms. The van der Waals surface area contributed by atoms with Gasteiger partial charge in [-0.25, -0.2) is 13.1 Å². The molecule has 1 aliphatic rings. The summed E-state index contributed by atoms with van der Waals surface area (Å²) < 4.78 is 23.0. The van der Waals surface area contributed by atoms with Crippen LogP contribution < -0.4 is 10.0 Å². The van der Waals surface area contributed by atoms with E-state index < -0.39 is 15.9 Å². The van der Waals surface area contributed by atoms with Crippen molar-refractivity contribution in [3.05, 3.63) is 12.2 Å². The van der Waals surface area contributed by atoms with Gasteiger partial charge in [0.1, 0.15) is 0 Å². The van der Waals surface area contributed by atoms with Crippen LogP contribution >= 0.6 is 0 Å². The van der Waals surface area contributed by atoms with Gasteiger partial charge in [0.2, 0.25) is 10.0 Å². The Morgan fingerprint density at radius 3 is 2.54 bits per heavy atom. The molecular formula is C7H12N2O3S. The zero-order chi connectivity index (χ0) is 9.90. The Balaban J connectivity index is 2.36. The number of carbonyl (C=O) groups excluding carboxylic acids is 1. The van der Waals surface area contributed by atoms with Gasteiger partial charge in [-0.1, -0.05) is 6.08 Å². The minimum absolute atomic E-state index is 0.352. The summed E-state index contributed by atoms with van der Waals surface area (Å²) in [5.41, 5.74) is 0. The van der Waals surface area contributed by atoms with Crippen molar-refractivity contribution < 1.29 is 13.2 Å². The molecule has 0 radical (unpaired) electrons. The van der Waals surface area contributed by atoms with E-state index in [4.69, 9.17) is 0 Å². The third-order valence-corrected chi connectivity index (χ3v) is 2.19. The predicted octanol–water partition coefficient (Wildman–Crippen LogP) is -1.16. The summed E-state index contributed by atoms with van der Waals surface area (Å²) in [7, 11) is -3.43. The molecule has 0 atom stereocenters. The van der Waals surface area contributed by atoms with Crippen LogP contribution in [0.1, 0.15) is 0 Å². The topological polar surface area (TPSA) is 75.3 Å². The maximum Gasteiger partial charge on any atom is 0.257 e. The lowest BCUT2D eigenvalue weighted by atomic mass is 10.0. The maximum atomic E-state index is 10.9. The van der Waals surface area contributed by atoms with Crippen molar-refractivity contribution >= 4 is 15.9 Å². The van der Waals surface area contributed by atoms with Gasteiger partial charge < -0.3 is 5.32 Å². The standard InChI is InChI=1S/C7H12N2O3S/c1-13(11,12)9-7(10)3-2-6-4-8-5-6/h2-3,6,8H,4-5H2,1H3,(H,9,10)/b3-2+. The Hall–Kier alpha value is -0.880. The number of rotatable bonds is 3. The van der Waals surface area contributed by atoms with Crippen LogP contribution in [0.2, 0.25) is 0 Å². The molecule has 1 saturated heterocycles. The molecule has 0 bridgehead atoms. The van der Waals surface area contributed by atoms with Crippen LogP contribution in [0, 0.1) is 5.92 Å². The van der Waals surface area contributed by atoms with Gasteiger partial charge in [-0.2, -0.15) is 0 Å². The van der Waals surface area contributed by atoms with Crippen LogP contribution in [0.5, 0.6) is 0 Å². The summed E-state index contributed by atoms with van der Waals surface area (Å²) in [6.45, 7) is 1.70. The monoisotopic (exact) mass is 204 g/mol. The third-order valence-electron chi connectivity index (χ3n) is 1.62. The Morgan fingerprint density at radius 1 is 1.54 bits per heavy atom. The molecular weight excluding hydrogens is 192 g/mol. The Bertz CT molecular complexity index is 317. The van der Waals surface area contributed by atoms with Gasteiger partial charge in [0, 0.05) is 25.1 Å². The molecule has 1 heterocycles. The van der Waals surface area contributed by atoms with Crippen LogP contribution in [0.25, 0.3) is 0 Å². The Labute approximate surface area is 77.3 Å². The second-order valence-corrected chi connectivity index (χ2v) is 4.76. The average molecular weight is 204 g/mol. The summed E-state index contributed by atoms with van der Waals surface area (Å²) in [6, 6.07) is 0. The van der Waals surface area contributed by atoms with Crippen molar-refractivity contribution in [2.45, 2.75) is 0 Å². The van der Waals surface area contributed by atoms with Crippen molar-refractivity contribution in [3.8, 4) is 0 Å². The lowest BCUT2D eigenvalue weighted by Gasteiger charge is -2.23. The van der Waals surface area contributed by atoms with Crippen molar-refractivity contribution in [3.63, 3.8) is 0 Å². The average Bonchev–Trinajstić information content (AvgIpc) is 1.78. The van der Waals surface area contributed by atoms with Gasteiger partial charge in [-0.3, -0.25) is 4.79 Å². The molecule has 1 rings (SSSR count). The second-order valence-electron chi connectivity index (χ2n) is 3.02. The fraction of sp³-hybridized carbons (Fsp3) is 0.571. The molecule has 0 aromatic rings. The molecule has 0 aliphatic carbocycles. The van der Waals surface area contributed by atoms with Crippen LogP contribution in [0.15, 0.2) is 12.2 Å². The summed E-state index contributed by atoms with van der Waals surface area (Å²) in [5.74, 6) is -0.236. The molecule has 1 aliphatic heterocycles. The SMILES string of the molecule is CS(=O)(=O)NC(=O)/C=C/C1CNC1. The number of hydrogen-bond donors (Lipinski definition) is 2. The van der Waals surface area contributed by atoms with Gasteiger partial charge in [0.15, 0.2) is 0 Å². The van der Waals surface area contributed by atoms with E-state index in [1.165, 1.54) is 6.08 Å². The molecule has 5 nitrogen and oxygen atoms in total. The first-order valence-corrected chi connectivity index (χ1v) is 5.77. The summed E-state index contributed by atoms with van der Waals surface area (Å²) in [4.78, 5) is 10.9. The first kappa shape index (κ1) is 10.2. The van der Waals surface area contributed by atoms with Crippen molar-refractivity contribution in [1.29, 1.82) is 0 Å². The minimum Gasteiger partial charge on any atom is -0.315 e. The Kier molecular flexibility index (Phi) is 3.05. The smallest absolute Gasteiger partial charge is 0.257 e. The largest absolute Gasteiger partial charge is 0.315 e. The maximum absolute atomic E-state index is 10.9. The highest BCUT2D eigenvalue weighted by molar-refractivity contribution is 7.89. The number of sulfonamides is 1. The van der Waals surface area contributed by atoms with Crippen LogP contribution in [0.3, 0.4) is 0 Å². The van der Waals surface area contributed by atoms with Gasteiger partial charge >= 0.3 is 0 Å². The number of amides is 1. The summed E-state index contributed by atoms with van der Waals surface area (Å²) in [6.07, 6.45) is 3.91. The van der Waals surface area contributed by atoms with Gasteiger partial charge in [-0.15, -0.1) is 0 Å². The fourth-order valence-electron chi connectivity index (χ4n) is 0.887. The third kappa shape index (κ3) is 4.05. The van der Waals surface area contributed by atoms with Gasteiger partial charge in [0.25, 0.3) is 5.91 Å². The van der Waals surface area contributed by atoms with E-state index in [2.05, 4.69) is 5.32 Å². The summed E-state index contributed by atoms with van der Waals surface area (Å²) in [5, 5.41) is 3.03. The lowest BCUT2D eigenvalue weighted by molar-refractivity contribution is -0.114. The molecule has 0 spiro atoms. The highest BCUT2D eigenvalue weighted by Crippen LogP contribution is 2.03. The fourth-order valence-corrected chi connectivity index (χ4v) is 1.32. The number of carbonyl (C=O) groups is 1. The number of hydrogen-bond acceptors (Lipinski definition) is 4. The van der Waals surface area contributed by atoms with E-state index in [1.807, 2.05) is 4.72 Å².